The van der Waals surface area contributed by atoms with E-state index in [0.29, 0.717) is 12.2 Å². The summed E-state index contributed by atoms with van der Waals surface area (Å²) in [6, 6.07) is 19.2. The molecule has 0 aliphatic rings. The van der Waals surface area contributed by atoms with Gasteiger partial charge in [0.15, 0.2) is 0 Å². The zero-order valence-corrected chi connectivity index (χ0v) is 13.0. The van der Waals surface area contributed by atoms with Crippen LogP contribution in [-0.2, 0) is 6.54 Å². The van der Waals surface area contributed by atoms with Crippen molar-refractivity contribution in [1.82, 2.24) is 9.55 Å². The lowest BCUT2D eigenvalue weighted by Gasteiger charge is -2.01. The van der Waals surface area contributed by atoms with Gasteiger partial charge in [-0.3, -0.25) is 4.98 Å². The molecule has 0 aliphatic heterocycles. The van der Waals surface area contributed by atoms with Crippen LogP contribution in [0.5, 0.6) is 0 Å². The van der Waals surface area contributed by atoms with E-state index in [1.165, 1.54) is 5.39 Å². The molecule has 4 rings (SSSR count). The van der Waals surface area contributed by atoms with Gasteiger partial charge in [-0.2, -0.15) is 0 Å². The highest BCUT2D eigenvalue weighted by Gasteiger charge is 2.01. The number of fused-ring (bicyclic) bond motifs is 2. The van der Waals surface area contributed by atoms with Crippen LogP contribution in [0.15, 0.2) is 78.2 Å². The van der Waals surface area contributed by atoms with Crippen molar-refractivity contribution in [2.75, 3.05) is 6.61 Å². The minimum Gasteiger partial charge on any atom is -0.395 e. The van der Waals surface area contributed by atoms with Crippen LogP contribution in [0.2, 0.25) is 0 Å². The molecule has 4 aromatic rings. The number of rotatable bonds is 3. The van der Waals surface area contributed by atoms with Crippen molar-refractivity contribution in [3.8, 4) is 0 Å². The Morgan fingerprint density at radius 3 is 2.62 bits per heavy atom. The molecule has 0 spiro atoms. The van der Waals surface area contributed by atoms with Gasteiger partial charge in [-0.15, -0.1) is 4.91 Å². The van der Waals surface area contributed by atoms with Crippen LogP contribution in [0.3, 0.4) is 0 Å². The smallest absolute Gasteiger partial charge is 0.108 e. The molecule has 0 radical (unpaired) electrons. The topological polar surface area (TPSA) is 67.5 Å². The quantitative estimate of drug-likeness (QED) is 0.573. The molecule has 0 unspecified atom stereocenters. The van der Waals surface area contributed by atoms with Crippen LogP contribution >= 0.6 is 0 Å². The maximum absolute atomic E-state index is 10.3. The molecule has 2 aromatic carbocycles. The molecule has 0 fully saturated rings. The predicted molar refractivity (Wildman–Crippen MR) is 96.2 cm³/mol. The Kier molecular flexibility index (Phi) is 4.93. The van der Waals surface area contributed by atoms with Gasteiger partial charge >= 0.3 is 0 Å². The Balaban J connectivity index is 0.000000149. The predicted octanol–water partition coefficient (Wildman–Crippen LogP) is 4.27. The first-order chi connectivity index (χ1) is 11.8. The van der Waals surface area contributed by atoms with Crippen LogP contribution in [-0.4, -0.2) is 21.3 Å². The molecule has 0 amide bonds. The Bertz CT molecular complexity index is 898. The van der Waals surface area contributed by atoms with E-state index in [1.54, 1.807) is 12.1 Å². The van der Waals surface area contributed by atoms with Gasteiger partial charge in [-0.1, -0.05) is 24.3 Å². The number of aliphatic hydroxyl groups is 1. The van der Waals surface area contributed by atoms with Crippen molar-refractivity contribution in [1.29, 1.82) is 0 Å². The van der Waals surface area contributed by atoms with Crippen molar-refractivity contribution < 1.29 is 5.11 Å². The van der Waals surface area contributed by atoms with E-state index in [4.69, 9.17) is 5.11 Å². The monoisotopic (exact) mass is 319 g/mol. The van der Waals surface area contributed by atoms with Crippen LogP contribution in [0, 0.1) is 4.91 Å². The summed E-state index contributed by atoms with van der Waals surface area (Å²) in [4.78, 5) is 14.5. The molecule has 2 heterocycles. The van der Waals surface area contributed by atoms with Crippen LogP contribution in [0.1, 0.15) is 0 Å². The van der Waals surface area contributed by atoms with Crippen LogP contribution in [0.4, 0.5) is 5.69 Å². The fraction of sp³-hybridized carbons (Fsp3) is 0.105. The second-order valence-electron chi connectivity index (χ2n) is 5.26. The van der Waals surface area contributed by atoms with Crippen molar-refractivity contribution in [2.45, 2.75) is 6.54 Å². The highest BCUT2D eigenvalue weighted by Crippen LogP contribution is 2.21. The molecule has 2 aromatic heterocycles. The lowest BCUT2D eigenvalue weighted by molar-refractivity contribution is 0.278. The summed E-state index contributed by atoms with van der Waals surface area (Å²) in [5.41, 5.74) is 2.50. The fourth-order valence-electron chi connectivity index (χ4n) is 2.56. The molecular formula is C19H17N3O2. The number of pyridine rings is 1. The van der Waals surface area contributed by atoms with E-state index in [9.17, 15) is 4.91 Å². The molecule has 5 heteroatoms. The Morgan fingerprint density at radius 2 is 1.83 bits per heavy atom. The SMILES string of the molecule is O=Nc1ccc2c(ccn2CCO)c1.c1ccc2ncccc2c1. The second-order valence-corrected chi connectivity index (χ2v) is 5.26. The maximum atomic E-state index is 10.3. The van der Waals surface area contributed by atoms with Gasteiger partial charge in [0.25, 0.3) is 0 Å². The first kappa shape index (κ1) is 15.8. The Hall–Kier alpha value is -3.05. The van der Waals surface area contributed by atoms with Gasteiger partial charge in [0.1, 0.15) is 5.69 Å². The summed E-state index contributed by atoms with van der Waals surface area (Å²) in [6.45, 7) is 0.675. The minimum atomic E-state index is 0.109. The fourth-order valence-corrected chi connectivity index (χ4v) is 2.56. The largest absolute Gasteiger partial charge is 0.395 e. The maximum Gasteiger partial charge on any atom is 0.108 e. The molecule has 120 valence electrons. The highest BCUT2D eigenvalue weighted by molar-refractivity contribution is 5.83. The minimum absolute atomic E-state index is 0.109. The van der Waals surface area contributed by atoms with Gasteiger partial charge in [0.05, 0.1) is 12.1 Å². The van der Waals surface area contributed by atoms with Crippen molar-refractivity contribution >= 4 is 27.5 Å². The third kappa shape index (κ3) is 3.47. The molecule has 0 saturated heterocycles. The van der Waals surface area contributed by atoms with Gasteiger partial charge in [0.2, 0.25) is 0 Å². The molecule has 1 N–H and O–H groups in total. The van der Waals surface area contributed by atoms with Crippen molar-refractivity contribution in [2.24, 2.45) is 5.18 Å². The summed E-state index contributed by atoms with van der Waals surface area (Å²) in [5, 5.41) is 13.8. The average Bonchev–Trinajstić information content (AvgIpc) is 3.05. The summed E-state index contributed by atoms with van der Waals surface area (Å²) >= 11 is 0. The molecule has 24 heavy (non-hydrogen) atoms. The number of hydrogen-bond acceptors (Lipinski definition) is 4. The van der Waals surface area contributed by atoms with E-state index in [-0.39, 0.29) is 6.61 Å². The van der Waals surface area contributed by atoms with E-state index in [1.807, 2.05) is 53.4 Å². The number of aliphatic hydroxyl groups excluding tert-OH is 1. The summed E-state index contributed by atoms with van der Waals surface area (Å²) in [5.74, 6) is 0. The number of hydrogen-bond donors (Lipinski definition) is 1. The lowest BCUT2D eigenvalue weighted by Crippen LogP contribution is -1.99. The first-order valence-electron chi connectivity index (χ1n) is 7.64. The summed E-state index contributed by atoms with van der Waals surface area (Å²) in [7, 11) is 0. The summed E-state index contributed by atoms with van der Waals surface area (Å²) in [6.07, 6.45) is 3.69. The van der Waals surface area contributed by atoms with Crippen molar-refractivity contribution in [3.05, 3.63) is 78.0 Å². The first-order valence-corrected chi connectivity index (χ1v) is 7.64. The van der Waals surface area contributed by atoms with Gasteiger partial charge in [0, 0.05) is 35.2 Å². The lowest BCUT2D eigenvalue weighted by atomic mass is 10.2. The van der Waals surface area contributed by atoms with Gasteiger partial charge in [-0.25, -0.2) is 0 Å². The zero-order valence-electron chi connectivity index (χ0n) is 13.0. The Labute approximate surface area is 139 Å². The van der Waals surface area contributed by atoms with E-state index < -0.39 is 0 Å². The second kappa shape index (κ2) is 7.48. The number of aromatic nitrogens is 2. The Morgan fingerprint density at radius 1 is 1.00 bits per heavy atom. The third-order valence-electron chi connectivity index (χ3n) is 3.71. The standard InChI is InChI=1S/C10H10N2O2.C9H7N/c13-6-5-12-4-3-8-7-9(11-14)1-2-10(8)12;1-2-6-9-8(4-1)5-3-7-10-9/h1-4,7,13H,5-6H2;1-7H. The van der Waals surface area contributed by atoms with Crippen LogP contribution < -0.4 is 0 Å². The normalized spacial score (nSPS) is 10.4. The van der Waals surface area contributed by atoms with Crippen LogP contribution in [0.25, 0.3) is 21.8 Å². The van der Waals surface area contributed by atoms with E-state index in [2.05, 4.69) is 22.3 Å². The molecular weight excluding hydrogens is 302 g/mol. The van der Waals surface area contributed by atoms with Gasteiger partial charge < -0.3 is 9.67 Å². The molecule has 0 aliphatic carbocycles. The number of para-hydroxylation sites is 1. The van der Waals surface area contributed by atoms with E-state index in [0.717, 1.165) is 16.4 Å². The molecule has 0 saturated carbocycles. The summed E-state index contributed by atoms with van der Waals surface area (Å²) < 4.78 is 1.93. The third-order valence-corrected chi connectivity index (χ3v) is 3.71. The number of benzene rings is 2. The average molecular weight is 319 g/mol. The highest BCUT2D eigenvalue weighted by atomic mass is 16.3. The van der Waals surface area contributed by atoms with Crippen molar-refractivity contribution in [3.63, 3.8) is 0 Å². The zero-order chi connectivity index (χ0) is 16.8. The molecule has 0 bridgehead atoms. The number of nitrogens with zero attached hydrogens (tertiary/aromatic N) is 3. The van der Waals surface area contributed by atoms with Gasteiger partial charge in [-0.05, 0) is 41.6 Å². The van der Waals surface area contributed by atoms with E-state index >= 15 is 0 Å². The number of nitroso groups, excluding NO2 is 1. The molecule has 0 atom stereocenters. The molecule has 5 nitrogen and oxygen atoms in total.